The van der Waals surface area contributed by atoms with Crippen LogP contribution in [0.5, 0.6) is 0 Å². The maximum absolute atomic E-state index is 13.8. The van der Waals surface area contributed by atoms with Crippen molar-refractivity contribution in [3.8, 4) is 11.5 Å². The minimum atomic E-state index is -4.75. The average molecular weight is 493 g/mol. The van der Waals surface area contributed by atoms with Crippen molar-refractivity contribution in [2.75, 3.05) is 10.6 Å². The van der Waals surface area contributed by atoms with E-state index in [1.165, 1.54) is 0 Å². The number of hydrogen-bond acceptors (Lipinski definition) is 7. The Morgan fingerprint density at radius 3 is 1.82 bits per heavy atom. The lowest BCUT2D eigenvalue weighted by Gasteiger charge is -2.43. The highest BCUT2D eigenvalue weighted by Gasteiger charge is 2.43. The van der Waals surface area contributed by atoms with Gasteiger partial charge < -0.3 is 10.6 Å². The standard InChI is InChI=1S/C20H22F7N7/c21-18(22)5-1-11(2-6-18)34(12-3-7-19(23,24)8-4-12)17-32-15(31-16(28)33-17)13-9-29-10-14(30-13)20(25,26)27/h9-12H,1-8H2,(H2,28,31,32,33). The highest BCUT2D eigenvalue weighted by Crippen LogP contribution is 2.41. The molecule has 2 saturated carbocycles. The lowest BCUT2D eigenvalue weighted by atomic mass is 9.86. The van der Waals surface area contributed by atoms with Crippen LogP contribution in [0.2, 0.25) is 0 Å². The molecule has 2 aromatic rings. The number of anilines is 2. The summed E-state index contributed by atoms with van der Waals surface area (Å²) in [4.78, 5) is 20.8. The molecule has 2 N–H and O–H groups in total. The van der Waals surface area contributed by atoms with E-state index in [2.05, 4.69) is 24.9 Å². The first-order chi connectivity index (χ1) is 15.8. The van der Waals surface area contributed by atoms with Crippen molar-refractivity contribution >= 4 is 11.9 Å². The number of nitrogens with two attached hydrogens (primary N) is 1. The number of halogens is 7. The molecular formula is C20H22F7N7. The molecule has 0 unspecified atom stereocenters. The van der Waals surface area contributed by atoms with E-state index in [1.54, 1.807) is 4.90 Å². The summed E-state index contributed by atoms with van der Waals surface area (Å²) >= 11 is 0. The van der Waals surface area contributed by atoms with Crippen molar-refractivity contribution in [1.82, 2.24) is 24.9 Å². The average Bonchev–Trinajstić information content (AvgIpc) is 2.75. The second-order valence-electron chi connectivity index (χ2n) is 8.69. The molecule has 2 heterocycles. The molecule has 0 radical (unpaired) electrons. The van der Waals surface area contributed by atoms with Gasteiger partial charge in [0.2, 0.25) is 23.7 Å². The Kier molecular flexibility index (Phi) is 6.27. The smallest absolute Gasteiger partial charge is 0.368 e. The molecule has 7 nitrogen and oxygen atoms in total. The first-order valence-electron chi connectivity index (χ1n) is 10.8. The quantitative estimate of drug-likeness (QED) is 0.606. The second kappa shape index (κ2) is 8.77. The molecule has 186 valence electrons. The second-order valence-corrected chi connectivity index (χ2v) is 8.69. The summed E-state index contributed by atoms with van der Waals surface area (Å²) in [6.07, 6.45) is -4.42. The van der Waals surface area contributed by atoms with E-state index >= 15 is 0 Å². The summed E-state index contributed by atoms with van der Waals surface area (Å²) in [5.41, 5.74) is 4.24. The van der Waals surface area contributed by atoms with Gasteiger partial charge in [0, 0.05) is 37.8 Å². The monoisotopic (exact) mass is 493 g/mol. The Morgan fingerprint density at radius 2 is 1.32 bits per heavy atom. The van der Waals surface area contributed by atoms with E-state index in [4.69, 9.17) is 5.73 Å². The zero-order chi connectivity index (χ0) is 24.7. The van der Waals surface area contributed by atoms with Crippen LogP contribution in [-0.4, -0.2) is 48.8 Å². The predicted molar refractivity (Wildman–Crippen MR) is 107 cm³/mol. The molecule has 14 heteroatoms. The summed E-state index contributed by atoms with van der Waals surface area (Å²) < 4.78 is 94.4. The van der Waals surface area contributed by atoms with E-state index in [0.29, 0.717) is 6.20 Å². The molecule has 0 saturated heterocycles. The number of nitrogens with zero attached hydrogens (tertiary/aromatic N) is 6. The number of alkyl halides is 7. The molecule has 0 aliphatic heterocycles. The van der Waals surface area contributed by atoms with E-state index in [-0.39, 0.29) is 74.8 Å². The molecule has 0 atom stereocenters. The summed E-state index contributed by atoms with van der Waals surface area (Å²) in [5, 5.41) is 0. The van der Waals surface area contributed by atoms with E-state index in [9.17, 15) is 30.7 Å². The van der Waals surface area contributed by atoms with Gasteiger partial charge in [-0.3, -0.25) is 4.98 Å². The molecule has 4 rings (SSSR count). The number of hydrogen-bond donors (Lipinski definition) is 1. The first kappa shape index (κ1) is 24.3. The fourth-order valence-electron chi connectivity index (χ4n) is 4.45. The van der Waals surface area contributed by atoms with E-state index in [0.717, 1.165) is 6.20 Å². The predicted octanol–water partition coefficient (Wildman–Crippen LogP) is 4.89. The zero-order valence-corrected chi connectivity index (χ0v) is 17.9. The summed E-state index contributed by atoms with van der Waals surface area (Å²) in [6.45, 7) is 0. The van der Waals surface area contributed by atoms with Gasteiger partial charge in [0.05, 0.1) is 12.4 Å². The van der Waals surface area contributed by atoms with Crippen molar-refractivity contribution in [2.45, 2.75) is 81.5 Å². The van der Waals surface area contributed by atoms with Crippen molar-refractivity contribution < 1.29 is 30.7 Å². The third-order valence-electron chi connectivity index (χ3n) is 6.19. The lowest BCUT2D eigenvalue weighted by Crippen LogP contribution is -2.50. The van der Waals surface area contributed by atoms with Crippen LogP contribution in [0, 0.1) is 0 Å². The minimum absolute atomic E-state index is 0.0628. The minimum Gasteiger partial charge on any atom is -0.368 e. The topological polar surface area (TPSA) is 93.7 Å². The zero-order valence-electron chi connectivity index (χ0n) is 17.9. The van der Waals surface area contributed by atoms with Crippen molar-refractivity contribution in [3.05, 3.63) is 18.1 Å². The molecule has 0 bridgehead atoms. The lowest BCUT2D eigenvalue weighted by molar-refractivity contribution is -0.141. The Hall–Kier alpha value is -2.80. The Balaban J connectivity index is 1.71. The van der Waals surface area contributed by atoms with Gasteiger partial charge in [-0.25, -0.2) is 22.5 Å². The molecule has 2 aliphatic rings. The SMILES string of the molecule is Nc1nc(-c2cncc(C(F)(F)F)n2)nc(N(C2CCC(F)(F)CC2)C2CCC(F)(F)CC2)n1. The van der Waals surface area contributed by atoms with E-state index < -0.39 is 35.8 Å². The van der Waals surface area contributed by atoms with Crippen molar-refractivity contribution in [2.24, 2.45) is 0 Å². The Morgan fingerprint density at radius 1 is 0.794 bits per heavy atom. The Labute approximate surface area is 190 Å². The maximum Gasteiger partial charge on any atom is 0.434 e. The van der Waals surface area contributed by atoms with Gasteiger partial charge in [-0.2, -0.15) is 28.1 Å². The van der Waals surface area contributed by atoms with Crippen LogP contribution in [0.15, 0.2) is 12.4 Å². The molecule has 0 aromatic carbocycles. The molecule has 0 spiro atoms. The van der Waals surface area contributed by atoms with Crippen molar-refractivity contribution in [1.29, 1.82) is 0 Å². The Bertz CT molecular complexity index is 983. The first-order valence-corrected chi connectivity index (χ1v) is 10.8. The summed E-state index contributed by atoms with van der Waals surface area (Å²) in [5.74, 6) is -6.32. The molecule has 2 fully saturated rings. The van der Waals surface area contributed by atoms with Gasteiger partial charge in [0.15, 0.2) is 11.5 Å². The van der Waals surface area contributed by atoms with Crippen molar-refractivity contribution in [3.63, 3.8) is 0 Å². The van der Waals surface area contributed by atoms with Gasteiger partial charge in [0.1, 0.15) is 5.69 Å². The van der Waals surface area contributed by atoms with Gasteiger partial charge in [-0.1, -0.05) is 0 Å². The van der Waals surface area contributed by atoms with Crippen LogP contribution < -0.4 is 10.6 Å². The van der Waals surface area contributed by atoms with Crippen LogP contribution in [0.3, 0.4) is 0 Å². The van der Waals surface area contributed by atoms with Gasteiger partial charge in [-0.15, -0.1) is 0 Å². The summed E-state index contributed by atoms with van der Waals surface area (Å²) in [6, 6.07) is -0.947. The van der Waals surface area contributed by atoms with Crippen LogP contribution in [0.25, 0.3) is 11.5 Å². The third kappa shape index (κ3) is 5.46. The fourth-order valence-corrected chi connectivity index (χ4v) is 4.45. The van der Waals surface area contributed by atoms with Crippen LogP contribution in [0.4, 0.5) is 42.6 Å². The van der Waals surface area contributed by atoms with Crippen LogP contribution >= 0.6 is 0 Å². The molecule has 0 amide bonds. The number of nitrogen functional groups attached to an aromatic ring is 1. The largest absolute Gasteiger partial charge is 0.434 e. The maximum atomic E-state index is 13.8. The van der Waals surface area contributed by atoms with E-state index in [1.807, 2.05) is 0 Å². The normalized spacial score (nSPS) is 21.4. The third-order valence-corrected chi connectivity index (χ3v) is 6.19. The molecule has 2 aliphatic carbocycles. The molecule has 2 aromatic heterocycles. The highest BCUT2D eigenvalue weighted by atomic mass is 19.4. The van der Waals surface area contributed by atoms with Gasteiger partial charge in [0.25, 0.3) is 0 Å². The molecular weight excluding hydrogens is 471 g/mol. The number of rotatable bonds is 4. The van der Waals surface area contributed by atoms with Crippen LogP contribution in [0.1, 0.15) is 57.1 Å². The summed E-state index contributed by atoms with van der Waals surface area (Å²) in [7, 11) is 0. The van der Waals surface area contributed by atoms with Gasteiger partial charge >= 0.3 is 6.18 Å². The number of aromatic nitrogens is 5. The van der Waals surface area contributed by atoms with Gasteiger partial charge in [-0.05, 0) is 25.7 Å². The fraction of sp³-hybridized carbons (Fsp3) is 0.650. The van der Waals surface area contributed by atoms with Crippen LogP contribution in [-0.2, 0) is 6.18 Å². The highest BCUT2D eigenvalue weighted by molar-refractivity contribution is 5.53. The molecule has 34 heavy (non-hydrogen) atoms.